The molecule has 0 aliphatic carbocycles. The molecule has 23 heavy (non-hydrogen) atoms. The molecule has 0 saturated carbocycles. The Morgan fingerprint density at radius 2 is 2.26 bits per heavy atom. The molecule has 4 N–H and O–H groups in total. The van der Waals surface area contributed by atoms with Crippen molar-refractivity contribution in [1.82, 2.24) is 10.3 Å². The van der Waals surface area contributed by atoms with E-state index in [0.29, 0.717) is 23.9 Å². The van der Waals surface area contributed by atoms with E-state index in [-0.39, 0.29) is 10.9 Å². The standard InChI is InChI=1S/C16H21N3O3S/c1-9(17)8-22-13-5-4-11(6-12(13)7-18-3)15-19-10(2)14(23-15)16(20)21/h4-6,9,18H,7-8,17H2,1-3H3,(H,20,21). The van der Waals surface area contributed by atoms with E-state index in [1.54, 1.807) is 6.92 Å². The largest absolute Gasteiger partial charge is 0.492 e. The van der Waals surface area contributed by atoms with E-state index >= 15 is 0 Å². The molecular formula is C16H21N3O3S. The number of aromatic carboxylic acids is 1. The zero-order valence-electron chi connectivity index (χ0n) is 13.4. The van der Waals surface area contributed by atoms with Crippen molar-refractivity contribution in [1.29, 1.82) is 0 Å². The number of nitrogens with zero attached hydrogens (tertiary/aromatic N) is 1. The highest BCUT2D eigenvalue weighted by Crippen LogP contribution is 2.31. The zero-order chi connectivity index (χ0) is 17.0. The molecule has 0 aliphatic rings. The maximum atomic E-state index is 11.2. The van der Waals surface area contributed by atoms with Crippen molar-refractivity contribution in [3.05, 3.63) is 34.3 Å². The molecule has 1 aromatic carbocycles. The number of hydrogen-bond acceptors (Lipinski definition) is 6. The molecule has 1 heterocycles. The molecule has 7 heteroatoms. The van der Waals surface area contributed by atoms with Crippen LogP contribution < -0.4 is 15.8 Å². The highest BCUT2D eigenvalue weighted by molar-refractivity contribution is 7.17. The van der Waals surface area contributed by atoms with Crippen molar-refractivity contribution in [3.63, 3.8) is 0 Å². The number of benzene rings is 1. The van der Waals surface area contributed by atoms with Gasteiger partial charge in [0.2, 0.25) is 0 Å². The average Bonchev–Trinajstić information content (AvgIpc) is 2.88. The highest BCUT2D eigenvalue weighted by Gasteiger charge is 2.16. The maximum absolute atomic E-state index is 11.2. The SMILES string of the molecule is CNCc1cc(-c2nc(C)c(C(=O)O)s2)ccc1OCC(C)N. The molecule has 0 fully saturated rings. The van der Waals surface area contributed by atoms with E-state index in [4.69, 9.17) is 15.6 Å². The van der Waals surface area contributed by atoms with Gasteiger partial charge in [-0.15, -0.1) is 11.3 Å². The van der Waals surface area contributed by atoms with Gasteiger partial charge in [-0.25, -0.2) is 9.78 Å². The lowest BCUT2D eigenvalue weighted by Crippen LogP contribution is -2.24. The number of carboxylic acid groups (broad SMARTS) is 1. The summed E-state index contributed by atoms with van der Waals surface area (Å²) in [5, 5.41) is 13.0. The van der Waals surface area contributed by atoms with Crippen molar-refractivity contribution in [2.45, 2.75) is 26.4 Å². The van der Waals surface area contributed by atoms with E-state index in [1.807, 2.05) is 32.2 Å². The smallest absolute Gasteiger partial charge is 0.347 e. The molecule has 2 aromatic rings. The Kier molecular flexibility index (Phi) is 5.70. The van der Waals surface area contributed by atoms with Crippen LogP contribution >= 0.6 is 11.3 Å². The summed E-state index contributed by atoms with van der Waals surface area (Å²) >= 11 is 1.18. The monoisotopic (exact) mass is 335 g/mol. The quantitative estimate of drug-likeness (QED) is 0.718. The van der Waals surface area contributed by atoms with Crippen LogP contribution in [-0.2, 0) is 6.54 Å². The van der Waals surface area contributed by atoms with Crippen LogP contribution in [-0.4, -0.2) is 35.8 Å². The molecule has 1 aromatic heterocycles. The molecule has 2 rings (SSSR count). The number of nitrogens with one attached hydrogen (secondary N) is 1. The molecule has 1 atom stereocenters. The van der Waals surface area contributed by atoms with Gasteiger partial charge in [0, 0.05) is 23.7 Å². The summed E-state index contributed by atoms with van der Waals surface area (Å²) in [6, 6.07) is 5.69. The number of rotatable bonds is 7. The van der Waals surface area contributed by atoms with Crippen LogP contribution in [0.2, 0.25) is 0 Å². The van der Waals surface area contributed by atoms with Gasteiger partial charge in [-0.05, 0) is 39.1 Å². The second kappa shape index (κ2) is 7.54. The van der Waals surface area contributed by atoms with Crippen LogP contribution in [0.5, 0.6) is 5.75 Å². The molecule has 0 amide bonds. The second-order valence-corrected chi connectivity index (χ2v) is 6.38. The summed E-state index contributed by atoms with van der Waals surface area (Å²) in [5.41, 5.74) is 8.12. The first-order chi connectivity index (χ1) is 10.9. The van der Waals surface area contributed by atoms with Gasteiger partial charge in [-0.2, -0.15) is 0 Å². The normalized spacial score (nSPS) is 12.2. The summed E-state index contributed by atoms with van der Waals surface area (Å²) in [4.78, 5) is 15.8. The maximum Gasteiger partial charge on any atom is 0.347 e. The molecule has 1 unspecified atom stereocenters. The van der Waals surface area contributed by atoms with Gasteiger partial charge in [-0.1, -0.05) is 0 Å². The third kappa shape index (κ3) is 4.28. The Balaban J connectivity index is 2.34. The lowest BCUT2D eigenvalue weighted by Gasteiger charge is -2.14. The van der Waals surface area contributed by atoms with Crippen molar-refractivity contribution < 1.29 is 14.6 Å². The number of aromatic nitrogens is 1. The molecule has 0 bridgehead atoms. The number of ether oxygens (including phenoxy) is 1. The summed E-state index contributed by atoms with van der Waals surface area (Å²) in [5.74, 6) is -0.175. The molecule has 6 nitrogen and oxygen atoms in total. The van der Waals surface area contributed by atoms with Gasteiger partial charge >= 0.3 is 5.97 Å². The fourth-order valence-corrected chi connectivity index (χ4v) is 3.02. The fraction of sp³-hybridized carbons (Fsp3) is 0.375. The number of thiazole rings is 1. The molecule has 0 aliphatic heterocycles. The number of carbonyl (C=O) groups is 1. The Bertz CT molecular complexity index is 698. The minimum Gasteiger partial charge on any atom is -0.492 e. The highest BCUT2D eigenvalue weighted by atomic mass is 32.1. The molecule has 124 valence electrons. The average molecular weight is 335 g/mol. The Morgan fingerprint density at radius 1 is 1.52 bits per heavy atom. The van der Waals surface area contributed by atoms with E-state index in [9.17, 15) is 4.79 Å². The lowest BCUT2D eigenvalue weighted by molar-refractivity contribution is 0.0701. The van der Waals surface area contributed by atoms with Crippen molar-refractivity contribution in [3.8, 4) is 16.3 Å². The lowest BCUT2D eigenvalue weighted by atomic mass is 10.1. The summed E-state index contributed by atoms with van der Waals surface area (Å²) in [7, 11) is 1.86. The fourth-order valence-electron chi connectivity index (χ4n) is 2.12. The van der Waals surface area contributed by atoms with Crippen molar-refractivity contribution >= 4 is 17.3 Å². The Morgan fingerprint density at radius 3 is 2.83 bits per heavy atom. The first-order valence-electron chi connectivity index (χ1n) is 7.29. The van der Waals surface area contributed by atoms with Crippen LogP contribution in [0.1, 0.15) is 27.9 Å². The van der Waals surface area contributed by atoms with Crippen molar-refractivity contribution in [2.75, 3.05) is 13.7 Å². The summed E-state index contributed by atoms with van der Waals surface area (Å²) in [6.45, 7) is 4.67. The predicted molar refractivity (Wildman–Crippen MR) is 91.2 cm³/mol. The van der Waals surface area contributed by atoms with Gasteiger partial charge in [0.1, 0.15) is 22.2 Å². The summed E-state index contributed by atoms with van der Waals surface area (Å²) in [6.07, 6.45) is 0. The van der Waals surface area contributed by atoms with Gasteiger partial charge in [0.25, 0.3) is 0 Å². The van der Waals surface area contributed by atoms with E-state index in [0.717, 1.165) is 16.9 Å². The van der Waals surface area contributed by atoms with Crippen LogP contribution in [0.15, 0.2) is 18.2 Å². The molecule has 0 radical (unpaired) electrons. The second-order valence-electron chi connectivity index (χ2n) is 5.38. The number of hydrogen-bond donors (Lipinski definition) is 3. The topological polar surface area (TPSA) is 97.5 Å². The van der Waals surface area contributed by atoms with Gasteiger partial charge in [0.15, 0.2) is 0 Å². The molecule has 0 spiro atoms. The van der Waals surface area contributed by atoms with E-state index in [1.165, 1.54) is 11.3 Å². The van der Waals surface area contributed by atoms with E-state index in [2.05, 4.69) is 10.3 Å². The summed E-state index contributed by atoms with van der Waals surface area (Å²) < 4.78 is 5.73. The van der Waals surface area contributed by atoms with Crippen LogP contribution in [0.3, 0.4) is 0 Å². The Labute approximate surface area is 139 Å². The third-order valence-corrected chi connectivity index (χ3v) is 4.36. The third-order valence-electron chi connectivity index (χ3n) is 3.17. The van der Waals surface area contributed by atoms with E-state index < -0.39 is 5.97 Å². The van der Waals surface area contributed by atoms with Crippen LogP contribution in [0.25, 0.3) is 10.6 Å². The molecular weight excluding hydrogens is 314 g/mol. The van der Waals surface area contributed by atoms with Gasteiger partial charge in [-0.3, -0.25) is 0 Å². The van der Waals surface area contributed by atoms with Crippen LogP contribution in [0.4, 0.5) is 0 Å². The minimum absolute atomic E-state index is 0.0446. The van der Waals surface area contributed by atoms with Crippen LogP contribution in [0, 0.1) is 6.92 Å². The van der Waals surface area contributed by atoms with Gasteiger partial charge in [0.05, 0.1) is 5.69 Å². The zero-order valence-corrected chi connectivity index (χ0v) is 14.2. The van der Waals surface area contributed by atoms with Crippen molar-refractivity contribution in [2.24, 2.45) is 5.73 Å². The molecule has 0 saturated heterocycles. The van der Waals surface area contributed by atoms with Gasteiger partial charge < -0.3 is 20.9 Å². The Hall–Kier alpha value is -1.96. The number of nitrogens with two attached hydrogens (primary N) is 1. The minimum atomic E-state index is -0.946. The predicted octanol–water partition coefficient (Wildman–Crippen LogP) is 2.26. The number of aryl methyl sites for hydroxylation is 1. The first-order valence-corrected chi connectivity index (χ1v) is 8.11. The first kappa shape index (κ1) is 17.4. The number of carboxylic acids is 1.